The summed E-state index contributed by atoms with van der Waals surface area (Å²) in [5, 5.41) is 10.9. The van der Waals surface area contributed by atoms with Crippen molar-refractivity contribution in [2.75, 3.05) is 0 Å². The van der Waals surface area contributed by atoms with E-state index in [1.165, 1.54) is 6.20 Å². The van der Waals surface area contributed by atoms with Crippen LogP contribution >= 0.6 is 0 Å². The Balaban J connectivity index is 1.52. The van der Waals surface area contributed by atoms with E-state index in [0.29, 0.717) is 11.4 Å². The van der Waals surface area contributed by atoms with Gasteiger partial charge in [0.15, 0.2) is 0 Å². The summed E-state index contributed by atoms with van der Waals surface area (Å²) in [7, 11) is 0. The molecule has 0 fully saturated rings. The Morgan fingerprint density at radius 2 is 1.34 bits per heavy atom. The second-order valence-corrected chi connectivity index (χ2v) is 10.0. The number of aromatic hydroxyl groups is 1. The third-order valence-electron chi connectivity index (χ3n) is 7.27. The van der Waals surface area contributed by atoms with E-state index in [9.17, 15) is 5.11 Å². The van der Waals surface area contributed by atoms with E-state index < -0.39 is 0 Å². The van der Waals surface area contributed by atoms with Gasteiger partial charge in [-0.1, -0.05) is 66.7 Å². The van der Waals surface area contributed by atoms with Crippen LogP contribution in [-0.2, 0) is 0 Å². The molecule has 5 heteroatoms. The highest BCUT2D eigenvalue weighted by Gasteiger charge is 2.20. The van der Waals surface area contributed by atoms with Gasteiger partial charge in [0, 0.05) is 28.7 Å². The normalized spacial score (nSPS) is 11.1. The average molecular weight is 531 g/mol. The smallest absolute Gasteiger partial charge is 0.149 e. The minimum atomic E-state index is 0.0909. The maximum absolute atomic E-state index is 10.9. The molecule has 3 aromatic heterocycles. The van der Waals surface area contributed by atoms with Crippen LogP contribution in [0.15, 0.2) is 134 Å². The first-order valence-corrected chi connectivity index (χ1v) is 13.5. The number of fused-ring (bicyclic) bond motifs is 1. The highest BCUT2D eigenvalue weighted by atomic mass is 16.3. The number of benzene rings is 4. The van der Waals surface area contributed by atoms with Crippen LogP contribution in [0.2, 0.25) is 0 Å². The minimum absolute atomic E-state index is 0.0909. The zero-order valence-corrected chi connectivity index (χ0v) is 22.4. The summed E-state index contributed by atoms with van der Waals surface area (Å²) >= 11 is 0. The Bertz CT molecular complexity index is 1940. The number of para-hydroxylation sites is 2. The number of hydrogen-bond donors (Lipinski definition) is 1. The third-order valence-corrected chi connectivity index (χ3v) is 7.27. The second-order valence-electron chi connectivity index (χ2n) is 10.0. The summed E-state index contributed by atoms with van der Waals surface area (Å²) in [6, 6.07) is 41.2. The highest BCUT2D eigenvalue weighted by molar-refractivity contribution is 5.97. The quantitative estimate of drug-likeness (QED) is 0.242. The zero-order valence-electron chi connectivity index (χ0n) is 22.4. The zero-order chi connectivity index (χ0) is 27.8. The molecule has 41 heavy (non-hydrogen) atoms. The Labute approximate surface area is 238 Å². The van der Waals surface area contributed by atoms with Crippen LogP contribution in [-0.4, -0.2) is 24.6 Å². The molecule has 4 aromatic carbocycles. The molecule has 0 unspecified atom stereocenters. The van der Waals surface area contributed by atoms with E-state index >= 15 is 0 Å². The molecule has 0 aliphatic heterocycles. The van der Waals surface area contributed by atoms with Crippen molar-refractivity contribution in [1.82, 2.24) is 19.5 Å². The first-order chi connectivity index (χ1) is 20.2. The van der Waals surface area contributed by atoms with E-state index in [0.717, 1.165) is 55.9 Å². The van der Waals surface area contributed by atoms with Crippen LogP contribution in [0, 0.1) is 6.92 Å². The standard InChI is InChI=1S/C36H26N4O/c1-24-19-31(34(41)23-38-24)36-39-35-30(15-10-17-33(35)40(36)29-13-6-3-7-14-29)27-20-26(25-11-4-2-5-12-25)21-28(22-27)32-16-8-9-18-37-32/h2-23,41H,1H3. The Morgan fingerprint density at radius 3 is 2.12 bits per heavy atom. The lowest BCUT2D eigenvalue weighted by Gasteiger charge is -2.12. The van der Waals surface area contributed by atoms with Crippen LogP contribution in [0.4, 0.5) is 0 Å². The Morgan fingerprint density at radius 1 is 0.610 bits per heavy atom. The topological polar surface area (TPSA) is 63.8 Å². The van der Waals surface area contributed by atoms with Crippen molar-refractivity contribution < 1.29 is 5.11 Å². The summed E-state index contributed by atoms with van der Waals surface area (Å²) in [5.41, 5.74) is 10.4. The lowest BCUT2D eigenvalue weighted by atomic mass is 9.94. The van der Waals surface area contributed by atoms with Crippen LogP contribution in [0.1, 0.15) is 5.69 Å². The van der Waals surface area contributed by atoms with Gasteiger partial charge in [-0.3, -0.25) is 14.5 Å². The lowest BCUT2D eigenvalue weighted by molar-refractivity contribution is 0.474. The number of hydrogen-bond acceptors (Lipinski definition) is 4. The van der Waals surface area contributed by atoms with Crippen LogP contribution < -0.4 is 0 Å². The third kappa shape index (κ3) is 4.53. The molecule has 0 saturated heterocycles. The predicted molar refractivity (Wildman–Crippen MR) is 165 cm³/mol. The minimum Gasteiger partial charge on any atom is -0.506 e. The molecule has 3 heterocycles. The molecule has 0 spiro atoms. The van der Waals surface area contributed by atoms with Gasteiger partial charge in [-0.15, -0.1) is 0 Å². The van der Waals surface area contributed by atoms with Crippen molar-refractivity contribution in [1.29, 1.82) is 0 Å². The molecule has 7 aromatic rings. The average Bonchev–Trinajstić information content (AvgIpc) is 3.43. The molecule has 0 aliphatic carbocycles. The van der Waals surface area contributed by atoms with Gasteiger partial charge in [0.1, 0.15) is 11.6 Å². The summed E-state index contributed by atoms with van der Waals surface area (Å²) in [5.74, 6) is 0.749. The number of nitrogens with zero attached hydrogens (tertiary/aromatic N) is 4. The van der Waals surface area contributed by atoms with E-state index in [2.05, 4.69) is 87.3 Å². The SMILES string of the molecule is Cc1cc(-c2nc3c(-c4cc(-c5ccccc5)cc(-c5ccccn5)c4)cccc3n2-c2ccccc2)c(O)cn1. The van der Waals surface area contributed by atoms with E-state index in [1.807, 2.05) is 61.7 Å². The number of aryl methyl sites for hydroxylation is 1. The molecule has 0 radical (unpaired) electrons. The van der Waals surface area contributed by atoms with E-state index in [4.69, 9.17) is 4.98 Å². The molecule has 0 atom stereocenters. The molecular weight excluding hydrogens is 504 g/mol. The Kier molecular flexibility index (Phi) is 6.10. The van der Waals surface area contributed by atoms with Gasteiger partial charge in [0.05, 0.1) is 28.5 Å². The molecular formula is C36H26N4O. The van der Waals surface area contributed by atoms with Gasteiger partial charge in [0.25, 0.3) is 0 Å². The van der Waals surface area contributed by atoms with Crippen molar-refractivity contribution >= 4 is 11.0 Å². The van der Waals surface area contributed by atoms with Crippen molar-refractivity contribution in [3.05, 3.63) is 139 Å². The van der Waals surface area contributed by atoms with Gasteiger partial charge < -0.3 is 5.11 Å². The fourth-order valence-electron chi connectivity index (χ4n) is 5.34. The van der Waals surface area contributed by atoms with Gasteiger partial charge in [0.2, 0.25) is 0 Å². The van der Waals surface area contributed by atoms with Gasteiger partial charge >= 0.3 is 0 Å². The fourth-order valence-corrected chi connectivity index (χ4v) is 5.34. The van der Waals surface area contributed by atoms with Crippen LogP contribution in [0.5, 0.6) is 5.75 Å². The number of rotatable bonds is 5. The van der Waals surface area contributed by atoms with Crippen molar-refractivity contribution in [2.45, 2.75) is 6.92 Å². The monoisotopic (exact) mass is 530 g/mol. The first-order valence-electron chi connectivity index (χ1n) is 13.5. The fraction of sp³-hybridized carbons (Fsp3) is 0.0278. The predicted octanol–water partition coefficient (Wildman–Crippen LogP) is 8.50. The van der Waals surface area contributed by atoms with E-state index in [-0.39, 0.29) is 5.75 Å². The number of pyridine rings is 2. The molecule has 0 amide bonds. The number of aromatic nitrogens is 4. The summed E-state index contributed by atoms with van der Waals surface area (Å²) in [6.45, 7) is 1.91. The van der Waals surface area contributed by atoms with Crippen molar-refractivity contribution in [3.8, 4) is 56.3 Å². The van der Waals surface area contributed by atoms with Crippen molar-refractivity contribution in [3.63, 3.8) is 0 Å². The largest absolute Gasteiger partial charge is 0.506 e. The molecule has 5 nitrogen and oxygen atoms in total. The number of imidazole rings is 1. The highest BCUT2D eigenvalue weighted by Crippen LogP contribution is 2.39. The van der Waals surface area contributed by atoms with E-state index in [1.54, 1.807) is 0 Å². The molecule has 7 rings (SSSR count). The summed E-state index contributed by atoms with van der Waals surface area (Å²) < 4.78 is 2.11. The van der Waals surface area contributed by atoms with Crippen LogP contribution in [0.3, 0.4) is 0 Å². The molecule has 0 aliphatic rings. The van der Waals surface area contributed by atoms with Gasteiger partial charge in [-0.05, 0) is 78.2 Å². The summed E-state index contributed by atoms with van der Waals surface area (Å²) in [6.07, 6.45) is 3.31. The summed E-state index contributed by atoms with van der Waals surface area (Å²) in [4.78, 5) is 14.1. The van der Waals surface area contributed by atoms with Gasteiger partial charge in [-0.2, -0.15) is 0 Å². The van der Waals surface area contributed by atoms with Crippen LogP contribution in [0.25, 0.3) is 61.6 Å². The molecule has 0 bridgehead atoms. The van der Waals surface area contributed by atoms with Gasteiger partial charge in [-0.25, -0.2) is 4.98 Å². The Hall–Kier alpha value is -5.55. The molecule has 196 valence electrons. The maximum Gasteiger partial charge on any atom is 0.149 e. The molecule has 1 N–H and O–H groups in total. The second kappa shape index (κ2) is 10.2. The van der Waals surface area contributed by atoms with Crippen molar-refractivity contribution in [2.24, 2.45) is 0 Å². The molecule has 0 saturated carbocycles. The first kappa shape index (κ1) is 24.5. The maximum atomic E-state index is 10.9. The lowest BCUT2D eigenvalue weighted by Crippen LogP contribution is -1.98.